The van der Waals surface area contributed by atoms with Crippen LogP contribution in [0.1, 0.15) is 50.5 Å². The number of aryl methyl sites for hydroxylation is 1. The van der Waals surface area contributed by atoms with Gasteiger partial charge < -0.3 is 15.7 Å². The second-order valence-corrected chi connectivity index (χ2v) is 8.12. The van der Waals surface area contributed by atoms with Gasteiger partial charge in [0.25, 0.3) is 0 Å². The van der Waals surface area contributed by atoms with E-state index in [1.54, 1.807) is 0 Å². The van der Waals surface area contributed by atoms with Crippen LogP contribution in [0.4, 0.5) is 11.4 Å². The Labute approximate surface area is 149 Å². The minimum atomic E-state index is -0.655. The summed E-state index contributed by atoms with van der Waals surface area (Å²) >= 11 is 6.21. The molecule has 2 aliphatic rings. The summed E-state index contributed by atoms with van der Waals surface area (Å²) in [5.41, 5.74) is 9.60. The highest BCUT2D eigenvalue weighted by atomic mass is 35.5. The Hall–Kier alpha value is -1.42. The highest BCUT2D eigenvalue weighted by Crippen LogP contribution is 2.48. The number of carboxylic acid groups (broad SMARTS) is 1. The summed E-state index contributed by atoms with van der Waals surface area (Å²) in [5, 5.41) is 9.71. The van der Waals surface area contributed by atoms with E-state index in [0.717, 1.165) is 60.7 Å². The molecule has 1 aromatic rings. The number of carbonyl (C=O) groups is 1. The van der Waals surface area contributed by atoms with Crippen molar-refractivity contribution in [3.8, 4) is 0 Å². The Balaban J connectivity index is 1.62. The average Bonchev–Trinajstić information content (AvgIpc) is 2.54. The van der Waals surface area contributed by atoms with Gasteiger partial charge in [0.1, 0.15) is 0 Å². The smallest absolute Gasteiger partial charge is 0.303 e. The van der Waals surface area contributed by atoms with Gasteiger partial charge in [-0.1, -0.05) is 11.6 Å². The topological polar surface area (TPSA) is 66.6 Å². The predicted octanol–water partition coefficient (Wildman–Crippen LogP) is 4.48. The lowest BCUT2D eigenvalue weighted by atomic mass is 9.65. The summed E-state index contributed by atoms with van der Waals surface area (Å²) in [6.45, 7) is 4.01. The maximum absolute atomic E-state index is 10.9. The van der Waals surface area contributed by atoms with E-state index in [1.165, 1.54) is 12.8 Å². The third-order valence-electron chi connectivity index (χ3n) is 6.12. The van der Waals surface area contributed by atoms with Gasteiger partial charge in [-0.25, -0.2) is 0 Å². The van der Waals surface area contributed by atoms with Crippen LogP contribution in [0.25, 0.3) is 0 Å². The number of benzene rings is 1. The van der Waals surface area contributed by atoms with Crippen molar-refractivity contribution in [3.05, 3.63) is 22.7 Å². The van der Waals surface area contributed by atoms with Gasteiger partial charge in [-0.2, -0.15) is 0 Å². The number of carboxylic acids is 1. The molecule has 0 radical (unpaired) electrons. The summed E-state index contributed by atoms with van der Waals surface area (Å²) in [5.74, 6) is -0.282. The molecule has 132 valence electrons. The van der Waals surface area contributed by atoms with E-state index in [1.807, 2.05) is 19.1 Å². The highest BCUT2D eigenvalue weighted by molar-refractivity contribution is 6.31. The lowest BCUT2D eigenvalue weighted by molar-refractivity contribution is -0.138. The Morgan fingerprint density at radius 1 is 1.29 bits per heavy atom. The van der Waals surface area contributed by atoms with E-state index < -0.39 is 5.97 Å². The lowest BCUT2D eigenvalue weighted by Crippen LogP contribution is -2.42. The fraction of sp³-hybridized carbons (Fsp3) is 0.632. The third-order valence-corrected chi connectivity index (χ3v) is 6.34. The number of hydrogen-bond donors (Lipinski definition) is 2. The van der Waals surface area contributed by atoms with Crippen molar-refractivity contribution in [2.75, 3.05) is 23.7 Å². The quantitative estimate of drug-likeness (QED) is 0.788. The Bertz CT molecular complexity index is 614. The molecule has 0 aromatic heterocycles. The molecule has 2 fully saturated rings. The molecule has 0 unspecified atom stereocenters. The first-order chi connectivity index (χ1) is 11.4. The maximum atomic E-state index is 10.9. The van der Waals surface area contributed by atoms with E-state index in [-0.39, 0.29) is 0 Å². The molecule has 1 heterocycles. The van der Waals surface area contributed by atoms with Crippen LogP contribution in [-0.4, -0.2) is 24.2 Å². The number of nitrogen functional groups attached to an aromatic ring is 1. The van der Waals surface area contributed by atoms with Crippen molar-refractivity contribution in [1.29, 1.82) is 0 Å². The van der Waals surface area contributed by atoms with Crippen LogP contribution in [0.15, 0.2) is 12.1 Å². The summed E-state index contributed by atoms with van der Waals surface area (Å²) in [6, 6.07) is 3.89. The van der Waals surface area contributed by atoms with Crippen LogP contribution >= 0.6 is 11.6 Å². The van der Waals surface area contributed by atoms with Crippen LogP contribution in [0.2, 0.25) is 5.02 Å². The summed E-state index contributed by atoms with van der Waals surface area (Å²) in [6.07, 6.45) is 7.12. The second-order valence-electron chi connectivity index (χ2n) is 7.68. The van der Waals surface area contributed by atoms with Crippen LogP contribution < -0.4 is 10.6 Å². The zero-order chi connectivity index (χ0) is 17.3. The molecule has 0 bridgehead atoms. The van der Waals surface area contributed by atoms with Crippen LogP contribution in [0.3, 0.4) is 0 Å². The van der Waals surface area contributed by atoms with Crippen LogP contribution in [0.5, 0.6) is 0 Å². The Morgan fingerprint density at radius 3 is 2.50 bits per heavy atom. The molecule has 0 amide bonds. The Kier molecular flexibility index (Phi) is 4.95. The zero-order valence-corrected chi connectivity index (χ0v) is 15.1. The summed E-state index contributed by atoms with van der Waals surface area (Å²) in [4.78, 5) is 13.3. The molecule has 4 nitrogen and oxygen atoms in total. The number of nitrogens with zero attached hydrogens (tertiary/aromatic N) is 1. The first-order valence-electron chi connectivity index (χ1n) is 8.91. The van der Waals surface area contributed by atoms with Crippen molar-refractivity contribution in [2.24, 2.45) is 11.3 Å². The molecule has 1 spiro atoms. The van der Waals surface area contributed by atoms with Gasteiger partial charge in [0.2, 0.25) is 0 Å². The van der Waals surface area contributed by atoms with Crippen molar-refractivity contribution < 1.29 is 9.90 Å². The lowest BCUT2D eigenvalue weighted by Gasteiger charge is -2.46. The SMILES string of the molecule is Cc1cc(Cl)cc(N2CCC3(CCC(CC(=O)O)CC3)CC2)c1N. The molecule has 1 aliphatic heterocycles. The van der Waals surface area contributed by atoms with Gasteiger partial charge >= 0.3 is 5.97 Å². The zero-order valence-electron chi connectivity index (χ0n) is 14.4. The molecule has 1 saturated heterocycles. The van der Waals surface area contributed by atoms with Gasteiger partial charge in [-0.15, -0.1) is 0 Å². The third kappa shape index (κ3) is 3.64. The van der Waals surface area contributed by atoms with E-state index in [4.69, 9.17) is 22.4 Å². The monoisotopic (exact) mass is 350 g/mol. The van der Waals surface area contributed by atoms with Crippen LogP contribution in [-0.2, 0) is 4.79 Å². The van der Waals surface area contributed by atoms with E-state index >= 15 is 0 Å². The minimum absolute atomic E-state index is 0.334. The molecule has 3 rings (SSSR count). The van der Waals surface area contributed by atoms with E-state index in [0.29, 0.717) is 17.8 Å². The molecule has 1 saturated carbocycles. The summed E-state index contributed by atoms with van der Waals surface area (Å²) < 4.78 is 0. The van der Waals surface area contributed by atoms with Crippen molar-refractivity contribution >= 4 is 28.9 Å². The van der Waals surface area contributed by atoms with Gasteiger partial charge in [0.05, 0.1) is 11.4 Å². The first-order valence-corrected chi connectivity index (χ1v) is 9.29. The number of hydrogen-bond acceptors (Lipinski definition) is 3. The standard InChI is InChI=1S/C19H27ClN2O2/c1-13-10-15(20)12-16(18(13)21)22-8-6-19(7-9-22)4-2-14(3-5-19)11-17(23)24/h10,12,14H,2-9,11,21H2,1H3,(H,23,24). The van der Waals surface area contributed by atoms with Gasteiger partial charge in [0, 0.05) is 24.5 Å². The van der Waals surface area contributed by atoms with Gasteiger partial charge in [0.15, 0.2) is 0 Å². The fourth-order valence-electron chi connectivity index (χ4n) is 4.46. The van der Waals surface area contributed by atoms with Crippen molar-refractivity contribution in [2.45, 2.75) is 51.9 Å². The van der Waals surface area contributed by atoms with Gasteiger partial charge in [-0.3, -0.25) is 4.79 Å². The molecule has 1 aliphatic carbocycles. The Morgan fingerprint density at radius 2 is 1.92 bits per heavy atom. The van der Waals surface area contributed by atoms with Crippen molar-refractivity contribution in [1.82, 2.24) is 0 Å². The number of piperidine rings is 1. The maximum Gasteiger partial charge on any atom is 0.303 e. The first kappa shape index (κ1) is 17.4. The van der Waals surface area contributed by atoms with Crippen molar-refractivity contribution in [3.63, 3.8) is 0 Å². The largest absolute Gasteiger partial charge is 0.481 e. The molecular formula is C19H27ClN2O2. The molecule has 24 heavy (non-hydrogen) atoms. The molecule has 3 N–H and O–H groups in total. The fourth-order valence-corrected chi connectivity index (χ4v) is 4.73. The molecule has 1 aromatic carbocycles. The van der Waals surface area contributed by atoms with Crippen LogP contribution in [0, 0.1) is 18.3 Å². The number of halogens is 1. The van der Waals surface area contributed by atoms with Gasteiger partial charge in [-0.05, 0) is 74.5 Å². The molecule has 5 heteroatoms. The normalized spacial score (nSPS) is 21.2. The second kappa shape index (κ2) is 6.83. The number of rotatable bonds is 3. The number of nitrogens with two attached hydrogens (primary N) is 1. The number of aliphatic carboxylic acids is 1. The van der Waals surface area contributed by atoms with E-state index in [2.05, 4.69) is 4.90 Å². The predicted molar refractivity (Wildman–Crippen MR) is 98.7 cm³/mol. The average molecular weight is 351 g/mol. The minimum Gasteiger partial charge on any atom is -0.481 e. The summed E-state index contributed by atoms with van der Waals surface area (Å²) in [7, 11) is 0. The molecular weight excluding hydrogens is 324 g/mol. The number of anilines is 2. The highest BCUT2D eigenvalue weighted by Gasteiger charge is 2.38. The van der Waals surface area contributed by atoms with E-state index in [9.17, 15) is 4.79 Å². The molecule has 0 atom stereocenters.